The van der Waals surface area contributed by atoms with E-state index in [0.29, 0.717) is 0 Å². The molecule has 0 atom stereocenters. The molecule has 1 aliphatic carbocycles. The van der Waals surface area contributed by atoms with E-state index in [1.54, 1.807) is 0 Å². The number of halogens is 4. The van der Waals surface area contributed by atoms with E-state index >= 15 is 0 Å². The molecule has 3 aromatic carbocycles. The minimum Gasteiger partial charge on any atom is -0.449 e. The lowest BCUT2D eigenvalue weighted by Crippen LogP contribution is -2.40. The number of ether oxygens (including phenoxy) is 1. The summed E-state index contributed by atoms with van der Waals surface area (Å²) in [7, 11) is -5.56. The van der Waals surface area contributed by atoms with Crippen LogP contribution in [-0.4, -0.2) is 28.1 Å². The Bertz CT molecular complexity index is 1400. The van der Waals surface area contributed by atoms with Crippen LogP contribution in [0.3, 0.4) is 0 Å². The second-order valence-corrected chi connectivity index (χ2v) is 9.38. The molecule has 0 unspecified atom stereocenters. The van der Waals surface area contributed by atoms with Gasteiger partial charge in [-0.3, -0.25) is 0 Å². The predicted molar refractivity (Wildman–Crippen MR) is 127 cm³/mol. The third kappa shape index (κ3) is 5.18. The van der Waals surface area contributed by atoms with Crippen molar-refractivity contribution in [2.24, 2.45) is 0 Å². The van der Waals surface area contributed by atoms with Crippen LogP contribution in [-0.2, 0) is 21.8 Å². The zero-order chi connectivity index (χ0) is 26.3. The Morgan fingerprint density at radius 2 is 1.53 bits per heavy atom. The lowest BCUT2D eigenvalue weighted by Gasteiger charge is -2.25. The summed E-state index contributed by atoms with van der Waals surface area (Å²) in [6, 6.07) is 16.4. The molecular formula is C24H21BF4NO5S-. The van der Waals surface area contributed by atoms with Gasteiger partial charge in [-0.25, -0.2) is 4.79 Å². The Kier molecular flexibility index (Phi) is 6.74. The highest BCUT2D eigenvalue weighted by atomic mass is 32.3. The number of hydrogen-bond acceptors (Lipinski definition) is 5. The van der Waals surface area contributed by atoms with Gasteiger partial charge in [-0.1, -0.05) is 63.4 Å². The van der Waals surface area contributed by atoms with Gasteiger partial charge in [0, 0.05) is 12.5 Å². The highest BCUT2D eigenvalue weighted by Crippen LogP contribution is 2.44. The first-order valence-electron chi connectivity index (χ1n) is 10.9. The van der Waals surface area contributed by atoms with Crippen LogP contribution in [0.2, 0.25) is 0 Å². The summed E-state index contributed by atoms with van der Waals surface area (Å²) >= 11 is 0. The van der Waals surface area contributed by atoms with Crippen LogP contribution < -0.4 is 15.0 Å². The summed E-state index contributed by atoms with van der Waals surface area (Å²) in [4.78, 5) is 12.4. The zero-order valence-electron chi connectivity index (χ0n) is 19.2. The SMILES string of the molecule is Cc1c(CNC(=O)OCC2c3ccccc3-c3ccccc32)cc(OS(=O)(=O)F)c(C)c1[B-](F)(F)F. The molecule has 0 spiro atoms. The van der Waals surface area contributed by atoms with Gasteiger partial charge in [0.2, 0.25) is 0 Å². The van der Waals surface area contributed by atoms with Gasteiger partial charge < -0.3 is 27.2 Å². The highest BCUT2D eigenvalue weighted by Gasteiger charge is 2.33. The molecular weight excluding hydrogens is 501 g/mol. The smallest absolute Gasteiger partial charge is 0.449 e. The summed E-state index contributed by atoms with van der Waals surface area (Å²) in [5.41, 5.74) is 2.05. The van der Waals surface area contributed by atoms with Crippen LogP contribution in [0, 0.1) is 13.8 Å². The number of nitrogens with one attached hydrogen (secondary N) is 1. The molecule has 0 radical (unpaired) electrons. The van der Waals surface area contributed by atoms with Crippen molar-refractivity contribution in [1.29, 1.82) is 0 Å². The zero-order valence-corrected chi connectivity index (χ0v) is 20.0. The number of alkyl carbamates (subject to hydrolysis) is 1. The topological polar surface area (TPSA) is 81.7 Å². The molecule has 0 saturated carbocycles. The predicted octanol–water partition coefficient (Wildman–Crippen LogP) is 4.99. The number of fused-ring (bicyclic) bond motifs is 3. The molecule has 0 aliphatic heterocycles. The molecule has 0 saturated heterocycles. The summed E-state index contributed by atoms with van der Waals surface area (Å²) in [5.74, 6) is -1.01. The second kappa shape index (κ2) is 9.49. The third-order valence-corrected chi connectivity index (χ3v) is 6.63. The van der Waals surface area contributed by atoms with Crippen molar-refractivity contribution in [1.82, 2.24) is 5.32 Å². The van der Waals surface area contributed by atoms with Crippen molar-refractivity contribution < 1.29 is 39.0 Å². The fraction of sp³-hybridized carbons (Fsp3) is 0.208. The van der Waals surface area contributed by atoms with Crippen LogP contribution in [0.25, 0.3) is 11.1 Å². The lowest BCUT2D eigenvalue weighted by molar-refractivity contribution is 0.142. The number of hydrogen-bond donors (Lipinski definition) is 1. The molecule has 0 bridgehead atoms. The Morgan fingerprint density at radius 3 is 2.06 bits per heavy atom. The molecule has 36 heavy (non-hydrogen) atoms. The first-order valence-corrected chi connectivity index (χ1v) is 12.2. The van der Waals surface area contributed by atoms with Crippen molar-refractivity contribution in [3.05, 3.63) is 82.4 Å². The number of rotatable bonds is 7. The van der Waals surface area contributed by atoms with Crippen molar-refractivity contribution >= 4 is 29.0 Å². The number of carbonyl (C=O) groups excluding carboxylic acids is 1. The quantitative estimate of drug-likeness (QED) is 0.269. The molecule has 1 amide bonds. The Labute approximate surface area is 205 Å². The van der Waals surface area contributed by atoms with E-state index in [-0.39, 0.29) is 23.7 Å². The van der Waals surface area contributed by atoms with E-state index < -0.39 is 46.9 Å². The maximum atomic E-state index is 13.7. The molecule has 0 fully saturated rings. The molecule has 12 heteroatoms. The summed E-state index contributed by atoms with van der Waals surface area (Å²) < 4.78 is 85.5. The van der Waals surface area contributed by atoms with E-state index in [2.05, 4.69) is 9.50 Å². The average Bonchev–Trinajstić information content (AvgIpc) is 3.11. The Balaban J connectivity index is 1.51. The number of benzene rings is 3. The molecule has 0 aromatic heterocycles. The summed E-state index contributed by atoms with van der Waals surface area (Å²) in [6.07, 6.45) is -0.878. The fourth-order valence-corrected chi connectivity index (χ4v) is 5.03. The van der Waals surface area contributed by atoms with Gasteiger partial charge in [-0.05, 0) is 53.3 Å². The van der Waals surface area contributed by atoms with Crippen molar-refractivity contribution in [3.63, 3.8) is 0 Å². The van der Waals surface area contributed by atoms with Crippen LogP contribution in [0.1, 0.15) is 33.7 Å². The van der Waals surface area contributed by atoms with Gasteiger partial charge in [0.25, 0.3) is 0 Å². The van der Waals surface area contributed by atoms with Crippen LogP contribution in [0.15, 0.2) is 54.6 Å². The number of carbonyl (C=O) groups is 1. The van der Waals surface area contributed by atoms with E-state index in [1.165, 1.54) is 6.92 Å². The van der Waals surface area contributed by atoms with E-state index in [0.717, 1.165) is 35.2 Å². The van der Waals surface area contributed by atoms with Crippen LogP contribution >= 0.6 is 0 Å². The molecule has 1 N–H and O–H groups in total. The third-order valence-electron chi connectivity index (χ3n) is 6.25. The van der Waals surface area contributed by atoms with Gasteiger partial charge in [0.05, 0.1) is 0 Å². The van der Waals surface area contributed by atoms with Gasteiger partial charge in [-0.2, -0.15) is 8.42 Å². The largest absolute Gasteiger partial charge is 0.510 e. The van der Waals surface area contributed by atoms with E-state index in [9.17, 15) is 30.0 Å². The lowest BCUT2D eigenvalue weighted by atomic mass is 9.72. The summed E-state index contributed by atoms with van der Waals surface area (Å²) in [6.45, 7) is -3.84. The molecule has 3 aromatic rings. The van der Waals surface area contributed by atoms with Crippen molar-refractivity contribution in [3.8, 4) is 16.9 Å². The Morgan fingerprint density at radius 1 is 0.972 bits per heavy atom. The monoisotopic (exact) mass is 522 g/mol. The van der Waals surface area contributed by atoms with Crippen molar-refractivity contribution in [2.45, 2.75) is 26.3 Å². The normalized spacial score (nSPS) is 13.2. The minimum absolute atomic E-state index is 0.00188. The molecule has 1 aliphatic rings. The highest BCUT2D eigenvalue weighted by molar-refractivity contribution is 7.81. The second-order valence-electron chi connectivity index (χ2n) is 8.43. The molecule has 4 rings (SSSR count). The maximum absolute atomic E-state index is 13.7. The minimum atomic E-state index is -5.58. The van der Waals surface area contributed by atoms with Gasteiger partial charge in [-0.15, -0.1) is 0 Å². The fourth-order valence-electron chi connectivity index (χ4n) is 4.65. The van der Waals surface area contributed by atoms with Gasteiger partial charge in [0.1, 0.15) is 12.4 Å². The van der Waals surface area contributed by atoms with Crippen LogP contribution in [0.5, 0.6) is 5.75 Å². The van der Waals surface area contributed by atoms with E-state index in [1.807, 2.05) is 48.5 Å². The van der Waals surface area contributed by atoms with Crippen molar-refractivity contribution in [2.75, 3.05) is 6.61 Å². The Hall–Kier alpha value is -3.54. The van der Waals surface area contributed by atoms with Gasteiger partial charge in [0.15, 0.2) is 0 Å². The molecule has 6 nitrogen and oxygen atoms in total. The molecule has 190 valence electrons. The van der Waals surface area contributed by atoms with E-state index in [4.69, 9.17) is 4.74 Å². The first-order chi connectivity index (χ1) is 16.9. The maximum Gasteiger partial charge on any atom is 0.510 e. The van der Waals surface area contributed by atoms with Gasteiger partial charge >= 0.3 is 23.6 Å². The molecule has 0 heterocycles. The number of amides is 1. The standard InChI is InChI=1S/C24H21BF4NO5S/c1-14-16(11-22(35-36(29,32)33)15(2)23(14)25(26,27)28)12-30-24(31)34-13-21-19-9-5-3-7-17(19)18-8-4-6-10-20(18)21/h3-11,21H,12-13H2,1-2H3,(H,30,31)/q-1. The first kappa shape index (κ1) is 25.6. The average molecular weight is 522 g/mol. The summed E-state index contributed by atoms with van der Waals surface area (Å²) in [5, 5.41) is 2.38. The van der Waals surface area contributed by atoms with Crippen LogP contribution in [0.4, 0.5) is 21.6 Å².